The molecule has 3 aromatic heterocycles. The Morgan fingerprint density at radius 1 is 1.29 bits per heavy atom. The number of nitrogens with zero attached hydrogens (tertiary/aromatic N) is 5. The van der Waals surface area contributed by atoms with E-state index in [-0.39, 0.29) is 29.8 Å². The summed E-state index contributed by atoms with van der Waals surface area (Å²) in [6.07, 6.45) is -2.52. The lowest BCUT2D eigenvalue weighted by Gasteiger charge is -2.08. The van der Waals surface area contributed by atoms with Crippen LogP contribution in [0, 0.1) is 6.92 Å². The van der Waals surface area contributed by atoms with Crippen molar-refractivity contribution in [2.24, 2.45) is 0 Å². The fraction of sp³-hybridized carbons (Fsp3) is 0.353. The maximum atomic E-state index is 12.6. The highest BCUT2D eigenvalue weighted by Crippen LogP contribution is 2.28. The number of aromatic nitrogens is 5. The quantitative estimate of drug-likeness (QED) is 0.611. The van der Waals surface area contributed by atoms with Gasteiger partial charge in [0.1, 0.15) is 5.56 Å². The number of carbonyl (C=O) groups excluding carboxylic acids is 1. The molecule has 0 amide bonds. The molecule has 0 aliphatic carbocycles. The number of carbonyl (C=O) groups is 1. The minimum absolute atomic E-state index is 0.0740. The third-order valence-electron chi connectivity index (χ3n) is 3.85. The second kappa shape index (κ2) is 7.41. The summed E-state index contributed by atoms with van der Waals surface area (Å²) < 4.78 is 49.3. The second-order valence-corrected chi connectivity index (χ2v) is 6.24. The van der Waals surface area contributed by atoms with Crippen molar-refractivity contribution in [3.63, 3.8) is 0 Å². The third-order valence-corrected chi connectivity index (χ3v) is 3.85. The van der Waals surface area contributed by atoms with Crippen molar-refractivity contribution < 1.29 is 27.2 Å². The molecular formula is C17H16F3N5O3. The maximum absolute atomic E-state index is 12.6. The predicted octanol–water partition coefficient (Wildman–Crippen LogP) is 3.46. The van der Waals surface area contributed by atoms with Crippen LogP contribution in [0.1, 0.15) is 53.1 Å². The minimum atomic E-state index is -4.48. The molecule has 0 spiro atoms. The van der Waals surface area contributed by atoms with Crippen LogP contribution in [0.15, 0.2) is 29.0 Å². The first-order chi connectivity index (χ1) is 13.2. The molecule has 3 aromatic rings. The van der Waals surface area contributed by atoms with Gasteiger partial charge in [-0.15, -0.1) is 0 Å². The SMILES string of the molecule is Cc1c(C(=O)OCc2nc(C(C)C)no2)cnn1-c1ccc(C(F)(F)F)cn1. The van der Waals surface area contributed by atoms with Crippen LogP contribution in [0.3, 0.4) is 0 Å². The van der Waals surface area contributed by atoms with Crippen LogP contribution in [-0.4, -0.2) is 30.9 Å². The van der Waals surface area contributed by atoms with Crippen molar-refractivity contribution in [1.29, 1.82) is 0 Å². The molecule has 0 bridgehead atoms. The number of alkyl halides is 3. The van der Waals surface area contributed by atoms with E-state index in [0.29, 0.717) is 17.7 Å². The number of hydrogen-bond donors (Lipinski definition) is 0. The van der Waals surface area contributed by atoms with Crippen molar-refractivity contribution >= 4 is 5.97 Å². The van der Waals surface area contributed by atoms with E-state index in [1.54, 1.807) is 6.92 Å². The lowest BCUT2D eigenvalue weighted by molar-refractivity contribution is -0.137. The fourth-order valence-electron chi connectivity index (χ4n) is 2.29. The number of halogens is 3. The Kier molecular flexibility index (Phi) is 5.16. The first kappa shape index (κ1) is 19.5. The molecule has 28 heavy (non-hydrogen) atoms. The molecule has 0 saturated carbocycles. The smallest absolute Gasteiger partial charge is 0.417 e. The van der Waals surface area contributed by atoms with Crippen LogP contribution in [-0.2, 0) is 17.5 Å². The average molecular weight is 395 g/mol. The fourth-order valence-corrected chi connectivity index (χ4v) is 2.29. The highest BCUT2D eigenvalue weighted by atomic mass is 19.4. The van der Waals surface area contributed by atoms with Gasteiger partial charge in [-0.3, -0.25) is 0 Å². The molecule has 0 atom stereocenters. The normalized spacial score (nSPS) is 11.8. The molecule has 3 rings (SSSR count). The van der Waals surface area contributed by atoms with Crippen molar-refractivity contribution in [3.05, 3.63) is 53.1 Å². The van der Waals surface area contributed by atoms with Gasteiger partial charge in [0.15, 0.2) is 18.2 Å². The summed E-state index contributed by atoms with van der Waals surface area (Å²) in [7, 11) is 0. The van der Waals surface area contributed by atoms with E-state index in [0.717, 1.165) is 6.07 Å². The molecule has 8 nitrogen and oxygen atoms in total. The zero-order chi connectivity index (χ0) is 20.5. The van der Waals surface area contributed by atoms with Crippen molar-refractivity contribution in [1.82, 2.24) is 24.9 Å². The summed E-state index contributed by atoms with van der Waals surface area (Å²) in [6.45, 7) is 5.16. The van der Waals surface area contributed by atoms with Gasteiger partial charge in [0.05, 0.1) is 17.5 Å². The maximum Gasteiger partial charge on any atom is 0.417 e. The highest BCUT2D eigenvalue weighted by Gasteiger charge is 2.31. The molecule has 0 aliphatic heterocycles. The molecule has 11 heteroatoms. The monoisotopic (exact) mass is 395 g/mol. The first-order valence-corrected chi connectivity index (χ1v) is 8.24. The second-order valence-electron chi connectivity index (χ2n) is 6.24. The Morgan fingerprint density at radius 2 is 2.04 bits per heavy atom. The molecule has 0 N–H and O–H groups in total. The summed E-state index contributed by atoms with van der Waals surface area (Å²) >= 11 is 0. The molecule has 0 saturated heterocycles. The topological polar surface area (TPSA) is 95.9 Å². The Labute approximate surface area is 157 Å². The molecule has 0 unspecified atom stereocenters. The number of ether oxygens (including phenoxy) is 1. The van der Waals surface area contributed by atoms with Gasteiger partial charge < -0.3 is 9.26 Å². The summed E-state index contributed by atoms with van der Waals surface area (Å²) in [4.78, 5) is 20.1. The summed E-state index contributed by atoms with van der Waals surface area (Å²) in [5.41, 5.74) is -0.364. The Bertz CT molecular complexity index is 977. The van der Waals surface area contributed by atoms with Gasteiger partial charge in [0.25, 0.3) is 5.89 Å². The first-order valence-electron chi connectivity index (χ1n) is 8.24. The van der Waals surface area contributed by atoms with Gasteiger partial charge >= 0.3 is 12.1 Å². The Hall–Kier alpha value is -3.24. The van der Waals surface area contributed by atoms with E-state index in [9.17, 15) is 18.0 Å². The van der Waals surface area contributed by atoms with E-state index in [1.807, 2.05) is 13.8 Å². The van der Waals surface area contributed by atoms with Crippen LogP contribution in [0.5, 0.6) is 0 Å². The molecule has 0 aliphatic rings. The van der Waals surface area contributed by atoms with E-state index in [2.05, 4.69) is 20.2 Å². The zero-order valence-corrected chi connectivity index (χ0v) is 15.2. The Balaban J connectivity index is 1.72. The Morgan fingerprint density at radius 3 is 2.61 bits per heavy atom. The standard InChI is InChI=1S/C17H16F3N5O3/c1-9(2)15-23-14(28-24-15)8-27-16(26)12-7-22-25(10(12)3)13-5-4-11(6-21-13)17(18,19)20/h4-7,9H,8H2,1-3H3. The van der Waals surface area contributed by atoms with Crippen LogP contribution in [0.4, 0.5) is 13.2 Å². The van der Waals surface area contributed by atoms with E-state index in [4.69, 9.17) is 9.26 Å². The third kappa shape index (κ3) is 4.02. The molecule has 0 fully saturated rings. The van der Waals surface area contributed by atoms with Gasteiger partial charge in [-0.2, -0.15) is 23.3 Å². The van der Waals surface area contributed by atoms with Crippen molar-refractivity contribution in [3.8, 4) is 5.82 Å². The number of rotatable bonds is 5. The van der Waals surface area contributed by atoms with Crippen LogP contribution in [0.2, 0.25) is 0 Å². The van der Waals surface area contributed by atoms with Gasteiger partial charge in [0.2, 0.25) is 0 Å². The van der Waals surface area contributed by atoms with Gasteiger partial charge in [0, 0.05) is 12.1 Å². The number of hydrogen-bond acceptors (Lipinski definition) is 7. The zero-order valence-electron chi connectivity index (χ0n) is 15.2. The van der Waals surface area contributed by atoms with Gasteiger partial charge in [-0.1, -0.05) is 19.0 Å². The summed E-state index contributed by atoms with van der Waals surface area (Å²) in [6, 6.07) is 2.06. The van der Waals surface area contributed by atoms with E-state index in [1.165, 1.54) is 16.9 Å². The van der Waals surface area contributed by atoms with Crippen LogP contribution >= 0.6 is 0 Å². The lowest BCUT2D eigenvalue weighted by Crippen LogP contribution is -2.09. The van der Waals surface area contributed by atoms with E-state index < -0.39 is 17.7 Å². The minimum Gasteiger partial charge on any atom is -0.452 e. The molecule has 148 valence electrons. The summed E-state index contributed by atoms with van der Waals surface area (Å²) in [5, 5.41) is 7.77. The molecule has 0 radical (unpaired) electrons. The molecule has 3 heterocycles. The largest absolute Gasteiger partial charge is 0.452 e. The number of pyridine rings is 1. The van der Waals surface area contributed by atoms with Gasteiger partial charge in [-0.25, -0.2) is 14.5 Å². The van der Waals surface area contributed by atoms with Crippen LogP contribution < -0.4 is 0 Å². The van der Waals surface area contributed by atoms with E-state index >= 15 is 0 Å². The van der Waals surface area contributed by atoms with Crippen LogP contribution in [0.25, 0.3) is 5.82 Å². The highest BCUT2D eigenvalue weighted by molar-refractivity contribution is 5.90. The lowest BCUT2D eigenvalue weighted by atomic mass is 10.2. The average Bonchev–Trinajstić information content (AvgIpc) is 3.26. The molecular weight excluding hydrogens is 379 g/mol. The molecule has 0 aromatic carbocycles. The van der Waals surface area contributed by atoms with Gasteiger partial charge in [-0.05, 0) is 19.1 Å². The summed E-state index contributed by atoms with van der Waals surface area (Å²) in [5.74, 6) is 0.197. The number of esters is 1. The van der Waals surface area contributed by atoms with Crippen molar-refractivity contribution in [2.75, 3.05) is 0 Å². The predicted molar refractivity (Wildman–Crippen MR) is 88.6 cm³/mol. The van der Waals surface area contributed by atoms with Crippen molar-refractivity contribution in [2.45, 2.75) is 39.5 Å².